The predicted molar refractivity (Wildman–Crippen MR) is 114 cm³/mol. The third-order valence-corrected chi connectivity index (χ3v) is 5.54. The van der Waals surface area contributed by atoms with Crippen molar-refractivity contribution < 1.29 is 37.7 Å². The van der Waals surface area contributed by atoms with E-state index in [0.717, 1.165) is 22.3 Å². The van der Waals surface area contributed by atoms with E-state index >= 15 is 0 Å². The normalized spacial score (nSPS) is 14.5. The van der Waals surface area contributed by atoms with Crippen LogP contribution in [0.25, 0.3) is 11.1 Å². The van der Waals surface area contributed by atoms with Gasteiger partial charge in [0.05, 0.1) is 12.6 Å². The van der Waals surface area contributed by atoms with Gasteiger partial charge in [-0.15, -0.1) is 0 Å². The number of hydrogen-bond acceptors (Lipinski definition) is 5. The fourth-order valence-electron chi connectivity index (χ4n) is 3.68. The summed E-state index contributed by atoms with van der Waals surface area (Å²) < 4.78 is 37.0. The molecule has 3 N–H and O–H groups in total. The molecule has 0 saturated heterocycles. The van der Waals surface area contributed by atoms with E-state index in [2.05, 4.69) is 5.32 Å². The van der Waals surface area contributed by atoms with Gasteiger partial charge in [0.15, 0.2) is 0 Å². The Kier molecular flexibility index (Phi) is 7.27. The Morgan fingerprint density at radius 2 is 1.61 bits per heavy atom. The smallest absolute Gasteiger partial charge is 0.407 e. The van der Waals surface area contributed by atoms with Gasteiger partial charge in [-0.05, 0) is 29.2 Å². The predicted octanol–water partition coefficient (Wildman–Crippen LogP) is 2.76. The van der Waals surface area contributed by atoms with Crippen LogP contribution in [0, 0.1) is 0 Å². The highest BCUT2D eigenvalue weighted by atomic mass is 19.3. The van der Waals surface area contributed by atoms with E-state index in [0.29, 0.717) is 0 Å². The summed E-state index contributed by atoms with van der Waals surface area (Å²) in [6, 6.07) is 14.1. The SMILES string of the molecule is COC(C)C(NC(=O)OCC1c2ccccc2-c2ccccc21)C(=O)NCC(F)(F)C(=O)O. The summed E-state index contributed by atoms with van der Waals surface area (Å²) in [5.74, 6) is -7.76. The lowest BCUT2D eigenvalue weighted by Gasteiger charge is -2.24. The molecule has 8 nitrogen and oxygen atoms in total. The number of rotatable bonds is 9. The zero-order valence-corrected chi connectivity index (χ0v) is 18.0. The van der Waals surface area contributed by atoms with Crippen LogP contribution in [-0.2, 0) is 19.1 Å². The van der Waals surface area contributed by atoms with Gasteiger partial charge in [0.2, 0.25) is 5.91 Å². The first-order chi connectivity index (χ1) is 15.7. The molecule has 2 atom stereocenters. The maximum absolute atomic E-state index is 13.3. The van der Waals surface area contributed by atoms with Gasteiger partial charge >= 0.3 is 18.0 Å². The van der Waals surface area contributed by atoms with Crippen molar-refractivity contribution in [2.24, 2.45) is 0 Å². The zero-order chi connectivity index (χ0) is 24.2. The Labute approximate surface area is 188 Å². The molecule has 3 rings (SSSR count). The van der Waals surface area contributed by atoms with Crippen molar-refractivity contribution in [2.75, 3.05) is 20.3 Å². The van der Waals surface area contributed by atoms with Crippen molar-refractivity contribution in [3.63, 3.8) is 0 Å². The number of carbonyl (C=O) groups is 3. The van der Waals surface area contributed by atoms with Gasteiger partial charge in [-0.3, -0.25) is 4.79 Å². The molecule has 33 heavy (non-hydrogen) atoms. The summed E-state index contributed by atoms with van der Waals surface area (Å²) >= 11 is 0. The molecule has 0 saturated carbocycles. The number of alkyl halides is 2. The lowest BCUT2D eigenvalue weighted by atomic mass is 9.98. The highest BCUT2D eigenvalue weighted by molar-refractivity contribution is 5.87. The molecule has 2 unspecified atom stereocenters. The molecule has 2 aromatic carbocycles. The van der Waals surface area contributed by atoms with E-state index in [9.17, 15) is 23.2 Å². The molecule has 0 aromatic heterocycles. The van der Waals surface area contributed by atoms with Crippen LogP contribution in [0.1, 0.15) is 24.0 Å². The number of fused-ring (bicyclic) bond motifs is 3. The lowest BCUT2D eigenvalue weighted by molar-refractivity contribution is -0.164. The number of nitrogens with one attached hydrogen (secondary N) is 2. The van der Waals surface area contributed by atoms with Crippen LogP contribution in [0.3, 0.4) is 0 Å². The number of methoxy groups -OCH3 is 1. The summed E-state index contributed by atoms with van der Waals surface area (Å²) in [4.78, 5) is 35.3. The third kappa shape index (κ3) is 5.28. The standard InChI is InChI=1S/C23H24F2N2O6/c1-13(32-2)19(20(28)26-12-23(24,25)21(29)30)27-22(31)33-11-18-16-9-5-3-7-14(16)15-8-4-6-10-17(15)18/h3-10,13,18-19H,11-12H2,1-2H3,(H,26,28)(H,27,31)(H,29,30). The van der Waals surface area contributed by atoms with Crippen molar-refractivity contribution in [1.82, 2.24) is 10.6 Å². The molecular formula is C23H24F2N2O6. The lowest BCUT2D eigenvalue weighted by Crippen LogP contribution is -2.55. The third-order valence-electron chi connectivity index (χ3n) is 5.54. The van der Waals surface area contributed by atoms with E-state index in [4.69, 9.17) is 14.6 Å². The van der Waals surface area contributed by atoms with Crippen molar-refractivity contribution in [1.29, 1.82) is 0 Å². The second-order valence-corrected chi connectivity index (χ2v) is 7.62. The number of carboxylic acids is 1. The summed E-state index contributed by atoms with van der Waals surface area (Å²) in [7, 11) is 1.27. The number of hydrogen-bond donors (Lipinski definition) is 3. The van der Waals surface area contributed by atoms with Crippen LogP contribution in [0.2, 0.25) is 0 Å². The second-order valence-electron chi connectivity index (χ2n) is 7.62. The average Bonchev–Trinajstić information content (AvgIpc) is 3.13. The Morgan fingerprint density at radius 3 is 2.12 bits per heavy atom. The van der Waals surface area contributed by atoms with E-state index in [-0.39, 0.29) is 12.5 Å². The first kappa shape index (κ1) is 24.1. The highest BCUT2D eigenvalue weighted by Crippen LogP contribution is 2.44. The highest BCUT2D eigenvalue weighted by Gasteiger charge is 2.40. The molecule has 176 valence electrons. The topological polar surface area (TPSA) is 114 Å². The molecule has 0 bridgehead atoms. The van der Waals surface area contributed by atoms with Crippen LogP contribution < -0.4 is 10.6 Å². The fourth-order valence-corrected chi connectivity index (χ4v) is 3.68. The monoisotopic (exact) mass is 462 g/mol. The molecule has 2 aromatic rings. The maximum atomic E-state index is 13.3. The van der Waals surface area contributed by atoms with E-state index in [1.807, 2.05) is 53.8 Å². The van der Waals surface area contributed by atoms with Crippen molar-refractivity contribution in [2.45, 2.75) is 30.9 Å². The van der Waals surface area contributed by atoms with Crippen LogP contribution in [0.15, 0.2) is 48.5 Å². The number of carboxylic acid groups (broad SMARTS) is 1. The summed E-state index contributed by atoms with van der Waals surface area (Å²) in [6.07, 6.45) is -1.84. The molecule has 1 aliphatic carbocycles. The van der Waals surface area contributed by atoms with Gasteiger partial charge in [-0.2, -0.15) is 8.78 Å². The van der Waals surface area contributed by atoms with Crippen molar-refractivity contribution >= 4 is 18.0 Å². The Balaban J connectivity index is 1.65. The molecule has 2 amide bonds. The minimum atomic E-state index is -4.15. The summed E-state index contributed by atoms with van der Waals surface area (Å²) in [6.45, 7) is 0.0104. The maximum Gasteiger partial charge on any atom is 0.407 e. The fraction of sp³-hybridized carbons (Fsp3) is 0.348. The number of alkyl carbamates (subject to hydrolysis) is 1. The van der Waals surface area contributed by atoms with Crippen LogP contribution in [-0.4, -0.2) is 61.4 Å². The number of carbonyl (C=O) groups excluding carboxylic acids is 2. The number of benzene rings is 2. The zero-order valence-electron chi connectivity index (χ0n) is 18.0. The molecule has 10 heteroatoms. The van der Waals surface area contributed by atoms with Crippen molar-refractivity contribution in [3.05, 3.63) is 59.7 Å². The van der Waals surface area contributed by atoms with E-state index in [1.54, 1.807) is 0 Å². The molecule has 1 aliphatic rings. The van der Waals surface area contributed by atoms with Crippen molar-refractivity contribution in [3.8, 4) is 11.1 Å². The second kappa shape index (κ2) is 9.95. The van der Waals surface area contributed by atoms with Gasteiger partial charge < -0.3 is 25.2 Å². The van der Waals surface area contributed by atoms with Crippen LogP contribution in [0.4, 0.5) is 13.6 Å². The molecular weight excluding hydrogens is 438 g/mol. The summed E-state index contributed by atoms with van der Waals surface area (Å²) in [5.41, 5.74) is 4.10. The van der Waals surface area contributed by atoms with Gasteiger partial charge in [0, 0.05) is 13.0 Å². The molecule has 0 spiro atoms. The number of ether oxygens (including phenoxy) is 2. The molecule has 0 fully saturated rings. The molecule has 0 heterocycles. The Morgan fingerprint density at radius 1 is 1.06 bits per heavy atom. The van der Waals surface area contributed by atoms with Gasteiger partial charge in [0.1, 0.15) is 12.6 Å². The van der Waals surface area contributed by atoms with Gasteiger partial charge in [-0.25, -0.2) is 9.59 Å². The quantitative estimate of drug-likeness (QED) is 0.528. The Hall–Kier alpha value is -3.53. The average molecular weight is 462 g/mol. The number of halogens is 2. The van der Waals surface area contributed by atoms with E-state index in [1.165, 1.54) is 14.0 Å². The van der Waals surface area contributed by atoms with Crippen LogP contribution >= 0.6 is 0 Å². The summed E-state index contributed by atoms with van der Waals surface area (Å²) in [5, 5.41) is 12.6. The minimum Gasteiger partial charge on any atom is -0.477 e. The van der Waals surface area contributed by atoms with E-state index < -0.39 is 42.6 Å². The minimum absolute atomic E-state index is 0.00729. The Bertz CT molecular complexity index is 1000. The van der Waals surface area contributed by atoms with Gasteiger partial charge in [0.25, 0.3) is 0 Å². The van der Waals surface area contributed by atoms with Gasteiger partial charge in [-0.1, -0.05) is 48.5 Å². The first-order valence-electron chi connectivity index (χ1n) is 10.2. The largest absolute Gasteiger partial charge is 0.477 e. The first-order valence-corrected chi connectivity index (χ1v) is 10.2. The number of amides is 2. The molecule has 0 aliphatic heterocycles. The molecule has 0 radical (unpaired) electrons. The van der Waals surface area contributed by atoms with Crippen LogP contribution in [0.5, 0.6) is 0 Å². The number of aliphatic carboxylic acids is 1.